The first-order chi connectivity index (χ1) is 13.2. The molecule has 3 amide bonds. The Morgan fingerprint density at radius 1 is 1.21 bits per heavy atom. The molecule has 0 aliphatic carbocycles. The molecule has 0 radical (unpaired) electrons. The summed E-state index contributed by atoms with van der Waals surface area (Å²) >= 11 is 6.42. The predicted molar refractivity (Wildman–Crippen MR) is 113 cm³/mol. The molecule has 0 saturated carbocycles. The highest BCUT2D eigenvalue weighted by atomic mass is 32.2. The number of pyridine rings is 1. The summed E-state index contributed by atoms with van der Waals surface area (Å²) in [5.74, 6) is -0.723. The molecule has 0 bridgehead atoms. The molecule has 0 aromatic carbocycles. The molecule has 0 fully saturated rings. The van der Waals surface area contributed by atoms with E-state index in [1.165, 1.54) is 11.8 Å². The average molecular weight is 445 g/mol. The van der Waals surface area contributed by atoms with Crippen molar-refractivity contribution in [1.82, 2.24) is 15.4 Å². The lowest BCUT2D eigenvalue weighted by Crippen LogP contribution is -2.57. The van der Waals surface area contributed by atoms with Crippen molar-refractivity contribution < 1.29 is 23.9 Å². The van der Waals surface area contributed by atoms with E-state index in [2.05, 4.69) is 10.4 Å². The van der Waals surface area contributed by atoms with Gasteiger partial charge in [0.2, 0.25) is 0 Å². The molecule has 162 valence electrons. The summed E-state index contributed by atoms with van der Waals surface area (Å²) < 4.78 is 10.8. The van der Waals surface area contributed by atoms with E-state index in [4.69, 9.17) is 27.4 Å². The molecule has 4 N–H and O–H groups in total. The van der Waals surface area contributed by atoms with Crippen LogP contribution in [0.15, 0.2) is 23.2 Å². The number of nitrogens with one attached hydrogen (secondary N) is 2. The largest absolute Gasteiger partial charge is 0.443 e. The van der Waals surface area contributed by atoms with Crippen LogP contribution in [-0.4, -0.2) is 51.1 Å². The van der Waals surface area contributed by atoms with Gasteiger partial charge in [0.1, 0.15) is 15.8 Å². The van der Waals surface area contributed by atoms with E-state index >= 15 is 0 Å². The first kappa shape index (κ1) is 24.9. The minimum Gasteiger partial charge on any atom is -0.443 e. The quantitative estimate of drug-likeness (QED) is 0.366. The van der Waals surface area contributed by atoms with Crippen molar-refractivity contribution in [2.45, 2.75) is 63.7 Å². The number of carbonyl (C=O) groups is 3. The third-order valence-electron chi connectivity index (χ3n) is 2.92. The zero-order valence-corrected chi connectivity index (χ0v) is 19.0. The summed E-state index contributed by atoms with van der Waals surface area (Å²) in [6.07, 6.45) is -0.361. The summed E-state index contributed by atoms with van der Waals surface area (Å²) in [6.45, 7) is 9.85. The number of H-pyrrole nitrogens is 1. The van der Waals surface area contributed by atoms with E-state index in [-0.39, 0.29) is 5.75 Å². The Morgan fingerprint density at radius 2 is 1.79 bits per heavy atom. The maximum atomic E-state index is 12.8. The number of ether oxygens (including phenoxy) is 2. The molecule has 0 spiro atoms. The molecule has 0 aliphatic rings. The van der Waals surface area contributed by atoms with Crippen LogP contribution >= 0.6 is 24.0 Å². The van der Waals surface area contributed by atoms with Gasteiger partial charge in [0.05, 0.1) is 6.04 Å². The smallest absolute Gasteiger partial charge is 0.436 e. The Balaban J connectivity index is 2.92. The Bertz CT molecular complexity index is 798. The maximum absolute atomic E-state index is 12.8. The van der Waals surface area contributed by atoms with Gasteiger partial charge in [-0.3, -0.25) is 4.79 Å². The fourth-order valence-electron chi connectivity index (χ4n) is 1.83. The average Bonchev–Trinajstić information content (AvgIpc) is 2.55. The second-order valence-corrected chi connectivity index (χ2v) is 9.52. The SMILES string of the molecule is CC(C)(C)OC(=O)NN(C(=O)OC(C)(C)C)C(=O)[C@@H](N)CSc1ccc[nH]c1=S. The van der Waals surface area contributed by atoms with Gasteiger partial charge >= 0.3 is 12.2 Å². The Morgan fingerprint density at radius 3 is 2.31 bits per heavy atom. The summed E-state index contributed by atoms with van der Waals surface area (Å²) in [6, 6.07) is 2.44. The predicted octanol–water partition coefficient (Wildman–Crippen LogP) is 3.37. The zero-order valence-electron chi connectivity index (χ0n) is 17.4. The lowest BCUT2D eigenvalue weighted by atomic mass is 10.2. The van der Waals surface area contributed by atoms with Crippen molar-refractivity contribution in [3.63, 3.8) is 0 Å². The molecule has 9 nitrogen and oxygen atoms in total. The highest BCUT2D eigenvalue weighted by Gasteiger charge is 2.33. The van der Waals surface area contributed by atoms with Crippen LogP contribution in [0.3, 0.4) is 0 Å². The van der Waals surface area contributed by atoms with E-state index in [0.717, 1.165) is 4.90 Å². The Hall–Kier alpha value is -2.11. The van der Waals surface area contributed by atoms with Gasteiger partial charge in [0.25, 0.3) is 5.91 Å². The minimum atomic E-state index is -1.11. The number of aromatic amines is 1. The van der Waals surface area contributed by atoms with Gasteiger partial charge in [-0.2, -0.15) is 0 Å². The van der Waals surface area contributed by atoms with Crippen molar-refractivity contribution in [3.8, 4) is 0 Å². The number of imide groups is 1. The molecule has 0 aliphatic heterocycles. The molecule has 1 aromatic heterocycles. The molecule has 0 saturated heterocycles. The van der Waals surface area contributed by atoms with E-state index in [1.807, 2.05) is 0 Å². The minimum absolute atomic E-state index is 0.121. The van der Waals surface area contributed by atoms with Crippen molar-refractivity contribution in [1.29, 1.82) is 0 Å². The molecule has 1 atom stereocenters. The lowest BCUT2D eigenvalue weighted by molar-refractivity contribution is -0.134. The maximum Gasteiger partial charge on any atom is 0.436 e. The number of carbonyl (C=O) groups excluding carboxylic acids is 3. The highest BCUT2D eigenvalue weighted by molar-refractivity contribution is 7.99. The van der Waals surface area contributed by atoms with Crippen LogP contribution in [0.25, 0.3) is 0 Å². The van der Waals surface area contributed by atoms with Crippen molar-refractivity contribution in [3.05, 3.63) is 23.0 Å². The van der Waals surface area contributed by atoms with Gasteiger partial charge in [-0.15, -0.1) is 16.8 Å². The van der Waals surface area contributed by atoms with Crippen LogP contribution in [-0.2, 0) is 14.3 Å². The normalized spacial score (nSPS) is 12.7. The summed E-state index contributed by atoms with van der Waals surface area (Å²) in [5, 5.41) is 0.441. The highest BCUT2D eigenvalue weighted by Crippen LogP contribution is 2.19. The topological polar surface area (TPSA) is 127 Å². The molecule has 0 unspecified atom stereocenters. The summed E-state index contributed by atoms with van der Waals surface area (Å²) in [7, 11) is 0. The number of rotatable bonds is 4. The first-order valence-electron chi connectivity index (χ1n) is 8.82. The van der Waals surface area contributed by atoms with Gasteiger partial charge in [-0.25, -0.2) is 15.0 Å². The van der Waals surface area contributed by atoms with Gasteiger partial charge in [0.15, 0.2) is 0 Å². The number of nitrogens with two attached hydrogens (primary N) is 1. The van der Waals surface area contributed by atoms with Crippen LogP contribution in [0.1, 0.15) is 41.5 Å². The van der Waals surface area contributed by atoms with Crippen LogP contribution in [0.2, 0.25) is 0 Å². The first-order valence-corrected chi connectivity index (χ1v) is 10.2. The third-order valence-corrected chi connectivity index (χ3v) is 4.56. The number of amides is 3. The number of aromatic nitrogens is 1. The van der Waals surface area contributed by atoms with Crippen molar-refractivity contribution >= 4 is 42.1 Å². The van der Waals surface area contributed by atoms with Crippen LogP contribution in [0, 0.1) is 4.64 Å². The van der Waals surface area contributed by atoms with Gasteiger partial charge in [-0.1, -0.05) is 12.2 Å². The van der Waals surface area contributed by atoms with E-state index < -0.39 is 35.3 Å². The number of hydrogen-bond acceptors (Lipinski definition) is 8. The Labute approximate surface area is 179 Å². The molecule has 11 heteroatoms. The number of thioether (sulfide) groups is 1. The fourth-order valence-corrected chi connectivity index (χ4v) is 3.01. The fraction of sp³-hybridized carbons (Fsp3) is 0.556. The molecule has 29 heavy (non-hydrogen) atoms. The monoisotopic (exact) mass is 444 g/mol. The third kappa shape index (κ3) is 9.29. The second-order valence-electron chi connectivity index (χ2n) is 8.05. The summed E-state index contributed by atoms with van der Waals surface area (Å²) in [4.78, 5) is 40.9. The molecule has 1 rings (SSSR count). The molecule has 1 aromatic rings. The zero-order chi connectivity index (χ0) is 22.4. The van der Waals surface area contributed by atoms with Gasteiger partial charge in [0, 0.05) is 16.8 Å². The van der Waals surface area contributed by atoms with Crippen molar-refractivity contribution in [2.75, 3.05) is 5.75 Å². The lowest BCUT2D eigenvalue weighted by Gasteiger charge is -2.28. The van der Waals surface area contributed by atoms with Crippen LogP contribution < -0.4 is 11.2 Å². The standard InChI is InChI=1S/C18H28N4O5S2/c1-17(2,3)26-15(24)21-22(16(25)27-18(4,5)6)14(23)11(19)10-29-12-8-7-9-20-13(12)28/h7-9,11H,10,19H2,1-6H3,(H,20,28)(H,21,24)/t11-/m0/s1. The van der Waals surface area contributed by atoms with E-state index in [9.17, 15) is 14.4 Å². The number of hydrogen-bond donors (Lipinski definition) is 3. The van der Waals surface area contributed by atoms with Gasteiger partial charge in [-0.05, 0) is 53.7 Å². The van der Waals surface area contributed by atoms with E-state index in [0.29, 0.717) is 9.65 Å². The number of nitrogens with zero attached hydrogens (tertiary/aromatic N) is 1. The Kier molecular flexibility index (Phi) is 8.66. The molecule has 1 heterocycles. The van der Waals surface area contributed by atoms with E-state index in [1.54, 1.807) is 59.9 Å². The molecular weight excluding hydrogens is 416 g/mol. The van der Waals surface area contributed by atoms with Crippen LogP contribution in [0.5, 0.6) is 0 Å². The summed E-state index contributed by atoms with van der Waals surface area (Å²) in [5.41, 5.74) is 6.37. The second kappa shape index (κ2) is 10.1. The van der Waals surface area contributed by atoms with Crippen LogP contribution in [0.4, 0.5) is 9.59 Å². The number of hydrazine groups is 1. The molecular formula is C18H28N4O5S2. The van der Waals surface area contributed by atoms with Gasteiger partial charge < -0.3 is 20.2 Å². The van der Waals surface area contributed by atoms with Crippen molar-refractivity contribution in [2.24, 2.45) is 5.73 Å².